The van der Waals surface area contributed by atoms with Gasteiger partial charge in [0.05, 0.1) is 13.7 Å². The van der Waals surface area contributed by atoms with Crippen LogP contribution in [0.3, 0.4) is 0 Å². The van der Waals surface area contributed by atoms with Crippen molar-refractivity contribution in [2.75, 3.05) is 19.0 Å². The van der Waals surface area contributed by atoms with E-state index in [9.17, 15) is 4.79 Å². The summed E-state index contributed by atoms with van der Waals surface area (Å²) in [4.78, 5) is 11.9. The van der Waals surface area contributed by atoms with Crippen LogP contribution in [0, 0.1) is 0 Å². The molecule has 1 N–H and O–H groups in total. The third kappa shape index (κ3) is 5.51. The van der Waals surface area contributed by atoms with Gasteiger partial charge in [-0.1, -0.05) is 19.1 Å². The molecule has 0 fully saturated rings. The number of hydrogen-bond acceptors (Lipinski definition) is 3. The third-order valence-electron chi connectivity index (χ3n) is 3.14. The fourth-order valence-corrected chi connectivity index (χ4v) is 1.93. The number of nitrogens with one attached hydrogen (secondary N) is 1. The zero-order valence-corrected chi connectivity index (χ0v) is 13.4. The summed E-state index contributed by atoms with van der Waals surface area (Å²) in [5.41, 5.74) is 1.67. The number of rotatable bonds is 7. The maximum Gasteiger partial charge on any atom is 0.248 e. The number of carbonyl (C=O) groups excluding carboxylic acids is 1. The number of hydrogen-bond donors (Lipinski definition) is 1. The smallest absolute Gasteiger partial charge is 0.248 e. The van der Waals surface area contributed by atoms with Crippen LogP contribution in [0.2, 0.25) is 0 Å². The SMILES string of the molecule is CCCOc1ccc(/C=C/C(=O)Nc2ccc(OC)cc2)cc1. The fraction of sp³-hybridized carbons (Fsp3) is 0.211. The molecule has 0 aliphatic carbocycles. The van der Waals surface area contributed by atoms with Crippen molar-refractivity contribution >= 4 is 17.7 Å². The second kappa shape index (κ2) is 8.63. The van der Waals surface area contributed by atoms with Crippen molar-refractivity contribution in [1.82, 2.24) is 0 Å². The zero-order chi connectivity index (χ0) is 16.5. The summed E-state index contributed by atoms with van der Waals surface area (Å²) in [5.74, 6) is 1.41. The molecule has 0 aliphatic heterocycles. The molecule has 0 saturated carbocycles. The molecule has 0 unspecified atom stereocenters. The summed E-state index contributed by atoms with van der Waals surface area (Å²) < 4.78 is 10.6. The number of benzene rings is 2. The molecule has 120 valence electrons. The molecule has 0 saturated heterocycles. The van der Waals surface area contributed by atoms with Crippen LogP contribution in [0.25, 0.3) is 6.08 Å². The van der Waals surface area contributed by atoms with E-state index in [0.29, 0.717) is 6.61 Å². The van der Waals surface area contributed by atoms with E-state index in [4.69, 9.17) is 9.47 Å². The van der Waals surface area contributed by atoms with Gasteiger partial charge in [0.1, 0.15) is 11.5 Å². The van der Waals surface area contributed by atoms with Gasteiger partial charge >= 0.3 is 0 Å². The van der Waals surface area contributed by atoms with E-state index in [0.717, 1.165) is 29.2 Å². The van der Waals surface area contributed by atoms with Crippen LogP contribution in [0.15, 0.2) is 54.6 Å². The molecular formula is C19H21NO3. The first kappa shape index (κ1) is 16.6. The molecule has 0 bridgehead atoms. The average molecular weight is 311 g/mol. The van der Waals surface area contributed by atoms with E-state index in [1.54, 1.807) is 37.5 Å². The number of anilines is 1. The molecular weight excluding hydrogens is 290 g/mol. The molecule has 4 nitrogen and oxygen atoms in total. The Morgan fingerprint density at radius 2 is 1.70 bits per heavy atom. The van der Waals surface area contributed by atoms with Gasteiger partial charge in [0.25, 0.3) is 0 Å². The molecule has 2 aromatic carbocycles. The topological polar surface area (TPSA) is 47.6 Å². The van der Waals surface area contributed by atoms with Gasteiger partial charge in [-0.25, -0.2) is 0 Å². The van der Waals surface area contributed by atoms with Crippen molar-refractivity contribution in [3.05, 3.63) is 60.2 Å². The van der Waals surface area contributed by atoms with Gasteiger partial charge in [0.2, 0.25) is 5.91 Å². The Kier molecular flexibility index (Phi) is 6.24. The molecule has 0 aromatic heterocycles. The van der Waals surface area contributed by atoms with E-state index >= 15 is 0 Å². The first-order valence-corrected chi connectivity index (χ1v) is 7.57. The summed E-state index contributed by atoms with van der Waals surface area (Å²) in [5, 5.41) is 2.80. The average Bonchev–Trinajstić information content (AvgIpc) is 2.59. The molecule has 0 spiro atoms. The molecule has 0 atom stereocenters. The molecule has 2 aromatic rings. The van der Waals surface area contributed by atoms with E-state index in [1.165, 1.54) is 6.08 Å². The van der Waals surface area contributed by atoms with E-state index in [-0.39, 0.29) is 5.91 Å². The number of amides is 1. The second-order valence-electron chi connectivity index (χ2n) is 4.97. The minimum absolute atomic E-state index is 0.179. The Labute approximate surface area is 136 Å². The van der Waals surface area contributed by atoms with Crippen LogP contribution in [-0.4, -0.2) is 19.6 Å². The van der Waals surface area contributed by atoms with Crippen molar-refractivity contribution in [2.24, 2.45) is 0 Å². The Morgan fingerprint density at radius 3 is 2.30 bits per heavy atom. The highest BCUT2D eigenvalue weighted by atomic mass is 16.5. The van der Waals surface area contributed by atoms with Crippen molar-refractivity contribution in [2.45, 2.75) is 13.3 Å². The molecule has 4 heteroatoms. The van der Waals surface area contributed by atoms with Crippen molar-refractivity contribution in [3.63, 3.8) is 0 Å². The number of ether oxygens (including phenoxy) is 2. The summed E-state index contributed by atoms with van der Waals surface area (Å²) >= 11 is 0. The fourth-order valence-electron chi connectivity index (χ4n) is 1.93. The summed E-state index contributed by atoms with van der Waals surface area (Å²) in [7, 11) is 1.61. The molecule has 0 radical (unpaired) electrons. The Hall–Kier alpha value is -2.75. The molecule has 23 heavy (non-hydrogen) atoms. The van der Waals surface area contributed by atoms with E-state index in [2.05, 4.69) is 12.2 Å². The summed E-state index contributed by atoms with van der Waals surface area (Å²) in [6.07, 6.45) is 4.25. The highest BCUT2D eigenvalue weighted by molar-refractivity contribution is 6.01. The van der Waals surface area contributed by atoms with Gasteiger partial charge in [-0.2, -0.15) is 0 Å². The third-order valence-corrected chi connectivity index (χ3v) is 3.14. The lowest BCUT2D eigenvalue weighted by Crippen LogP contribution is -2.07. The zero-order valence-electron chi connectivity index (χ0n) is 13.4. The summed E-state index contributed by atoms with van der Waals surface area (Å²) in [6, 6.07) is 14.8. The highest BCUT2D eigenvalue weighted by Crippen LogP contribution is 2.16. The maximum absolute atomic E-state index is 11.9. The van der Waals surface area contributed by atoms with Crippen LogP contribution < -0.4 is 14.8 Å². The van der Waals surface area contributed by atoms with Gasteiger partial charge in [-0.3, -0.25) is 4.79 Å². The molecule has 1 amide bonds. The lowest BCUT2D eigenvalue weighted by Gasteiger charge is -2.04. The normalized spacial score (nSPS) is 10.5. The van der Waals surface area contributed by atoms with Crippen LogP contribution in [-0.2, 0) is 4.79 Å². The van der Waals surface area contributed by atoms with E-state index < -0.39 is 0 Å². The Balaban J connectivity index is 1.89. The molecule has 0 heterocycles. The first-order valence-electron chi connectivity index (χ1n) is 7.57. The number of methoxy groups -OCH3 is 1. The van der Waals surface area contributed by atoms with Crippen LogP contribution in [0.4, 0.5) is 5.69 Å². The standard InChI is InChI=1S/C19H21NO3/c1-3-14-23-18-9-4-15(5-10-18)6-13-19(21)20-16-7-11-17(22-2)12-8-16/h4-13H,3,14H2,1-2H3,(H,20,21)/b13-6+. The predicted molar refractivity (Wildman–Crippen MR) is 92.9 cm³/mol. The highest BCUT2D eigenvalue weighted by Gasteiger charge is 1.99. The Bertz CT molecular complexity index is 645. The van der Waals surface area contributed by atoms with Crippen molar-refractivity contribution in [3.8, 4) is 11.5 Å². The number of carbonyl (C=O) groups is 1. The van der Waals surface area contributed by atoms with Gasteiger partial charge in [-0.05, 0) is 54.5 Å². The first-order chi connectivity index (χ1) is 11.2. The maximum atomic E-state index is 11.9. The lowest BCUT2D eigenvalue weighted by molar-refractivity contribution is -0.111. The van der Waals surface area contributed by atoms with Crippen LogP contribution in [0.5, 0.6) is 11.5 Å². The predicted octanol–water partition coefficient (Wildman–Crippen LogP) is 4.14. The minimum atomic E-state index is -0.179. The van der Waals surface area contributed by atoms with Gasteiger partial charge in [0, 0.05) is 11.8 Å². The lowest BCUT2D eigenvalue weighted by atomic mass is 10.2. The van der Waals surface area contributed by atoms with E-state index in [1.807, 2.05) is 24.3 Å². The second-order valence-corrected chi connectivity index (χ2v) is 4.97. The van der Waals surface area contributed by atoms with Crippen LogP contribution in [0.1, 0.15) is 18.9 Å². The van der Waals surface area contributed by atoms with Gasteiger partial charge < -0.3 is 14.8 Å². The van der Waals surface area contributed by atoms with Gasteiger partial charge in [-0.15, -0.1) is 0 Å². The van der Waals surface area contributed by atoms with Crippen molar-refractivity contribution in [1.29, 1.82) is 0 Å². The Morgan fingerprint density at radius 1 is 1.04 bits per heavy atom. The van der Waals surface area contributed by atoms with Gasteiger partial charge in [0.15, 0.2) is 0 Å². The molecule has 0 aliphatic rings. The molecule has 2 rings (SSSR count). The van der Waals surface area contributed by atoms with Crippen molar-refractivity contribution < 1.29 is 14.3 Å². The van der Waals surface area contributed by atoms with Crippen LogP contribution >= 0.6 is 0 Å². The largest absolute Gasteiger partial charge is 0.497 e. The minimum Gasteiger partial charge on any atom is -0.497 e. The monoisotopic (exact) mass is 311 g/mol. The quantitative estimate of drug-likeness (QED) is 0.782. The summed E-state index contributed by atoms with van der Waals surface area (Å²) in [6.45, 7) is 2.78.